The number of aliphatic hydroxyl groups excluding tert-OH is 6. The lowest BCUT2D eigenvalue weighted by molar-refractivity contribution is -0.329. The number of phenolic OH excluding ortho intramolecular Hbond substituents is 3. The molecule has 2 bridgehead atoms. The number of nitrogens with zero attached hydrogens (tertiary/aromatic N) is 1. The predicted molar refractivity (Wildman–Crippen MR) is 182 cm³/mol. The molecular formula is C37H37NO18. The lowest BCUT2D eigenvalue weighted by Crippen LogP contribution is -2.70. The number of rotatable bonds is 7. The van der Waals surface area contributed by atoms with E-state index in [2.05, 4.69) is 16.8 Å². The Morgan fingerprint density at radius 1 is 0.964 bits per heavy atom. The summed E-state index contributed by atoms with van der Waals surface area (Å²) in [4.78, 5) is 41.7. The molecule has 0 radical (unpaired) electrons. The molecule has 1 aromatic heterocycles. The fourth-order valence-corrected chi connectivity index (χ4v) is 7.09. The van der Waals surface area contributed by atoms with Gasteiger partial charge in [-0.1, -0.05) is 42.9 Å². The van der Waals surface area contributed by atoms with Crippen molar-refractivity contribution in [3.63, 3.8) is 0 Å². The van der Waals surface area contributed by atoms with Crippen LogP contribution < -0.4 is 14.5 Å². The highest BCUT2D eigenvalue weighted by Gasteiger charge is 2.64. The number of carbonyl (C=O) groups is 2. The third kappa shape index (κ3) is 6.25. The van der Waals surface area contributed by atoms with Crippen LogP contribution in [0.15, 0.2) is 36.5 Å². The highest BCUT2D eigenvalue weighted by Crippen LogP contribution is 2.47. The van der Waals surface area contributed by atoms with Gasteiger partial charge in [-0.05, 0) is 17.7 Å². The number of aliphatic carboxylic acids is 1. The normalized spacial score (nSPS) is 33.8. The van der Waals surface area contributed by atoms with Crippen molar-refractivity contribution in [1.29, 1.82) is 0 Å². The monoisotopic (exact) mass is 783 g/mol. The maximum Gasteiger partial charge on any atom is 0.351 e. The first-order valence-electron chi connectivity index (χ1n) is 17.3. The molecule has 56 heavy (non-hydrogen) atoms. The van der Waals surface area contributed by atoms with E-state index in [4.69, 9.17) is 23.7 Å². The number of phenols is 3. The summed E-state index contributed by atoms with van der Waals surface area (Å²) in [5.74, 6) is -1.35. The minimum absolute atomic E-state index is 0.0197. The number of esters is 1. The molecule has 2 saturated heterocycles. The van der Waals surface area contributed by atoms with E-state index in [1.807, 2.05) is 6.92 Å². The highest BCUT2D eigenvalue weighted by atomic mass is 16.8. The summed E-state index contributed by atoms with van der Waals surface area (Å²) in [5.41, 5.74) is -4.29. The van der Waals surface area contributed by atoms with Gasteiger partial charge in [-0.25, -0.2) is 9.59 Å². The fraction of sp³-hybridized carbons (Fsp3) is 0.432. The van der Waals surface area contributed by atoms with Crippen molar-refractivity contribution in [3.05, 3.63) is 64.5 Å². The second-order valence-electron chi connectivity index (χ2n) is 13.8. The van der Waals surface area contributed by atoms with E-state index in [0.29, 0.717) is 23.2 Å². The Labute approximate surface area is 315 Å². The molecule has 4 aliphatic rings. The van der Waals surface area contributed by atoms with Crippen LogP contribution in [0.3, 0.4) is 0 Å². The molecule has 2 aromatic carbocycles. The summed E-state index contributed by atoms with van der Waals surface area (Å²) in [5, 5.41) is 107. The molecule has 7 rings (SSSR count). The Morgan fingerprint density at radius 2 is 1.70 bits per heavy atom. The van der Waals surface area contributed by atoms with E-state index >= 15 is 0 Å². The number of carboxylic acids is 1. The lowest BCUT2D eigenvalue weighted by atomic mass is 9.83. The number of hydrogen-bond donors (Lipinski definition) is 10. The Kier molecular flexibility index (Phi) is 9.88. The van der Waals surface area contributed by atoms with Crippen molar-refractivity contribution in [2.24, 2.45) is 0 Å². The van der Waals surface area contributed by atoms with Gasteiger partial charge in [0, 0.05) is 18.1 Å². The third-order valence-electron chi connectivity index (χ3n) is 10.3. The molecule has 298 valence electrons. The number of ketones is 1. The third-order valence-corrected chi connectivity index (χ3v) is 10.3. The minimum Gasteiger partial charge on any atom is -0.667 e. The number of carboxylic acid groups (broad SMARTS) is 1. The van der Waals surface area contributed by atoms with Crippen molar-refractivity contribution in [1.82, 2.24) is 4.98 Å². The summed E-state index contributed by atoms with van der Waals surface area (Å²) in [7, 11) is 0. The zero-order valence-corrected chi connectivity index (χ0v) is 29.2. The quantitative estimate of drug-likeness (QED) is 0.0541. The molecule has 19 heteroatoms. The topological polar surface area (TPSA) is 318 Å². The first-order chi connectivity index (χ1) is 26.5. The molecule has 11 N–H and O–H groups in total. The number of aromatic hydroxyl groups is 3. The van der Waals surface area contributed by atoms with Crippen LogP contribution in [-0.4, -0.2) is 134 Å². The van der Waals surface area contributed by atoms with Gasteiger partial charge in [0.2, 0.25) is 18.2 Å². The van der Waals surface area contributed by atoms with Crippen LogP contribution >= 0.6 is 0 Å². The first kappa shape index (κ1) is 38.8. The molecule has 2 fully saturated rings. The van der Waals surface area contributed by atoms with Crippen LogP contribution in [0, 0.1) is 11.8 Å². The molecule has 0 amide bonds. The van der Waals surface area contributed by atoms with Crippen molar-refractivity contribution in [3.8, 4) is 40.6 Å². The number of aliphatic hydroxyl groups is 6. The standard InChI is InChI=1S/C37H36NO18/c1-2-16-8-14(13-38-16)9-17-22(12-23-24(25(17)42)20(41)11-21(52-23)15-4-5-18(39)19(40)10-15)53-32-28(45)27(44)31(48)37(56-32)7-3-6-36(34(49)50)30(47)26(43)29(46)33(55-36)54-35(37)51/h4-5,8,10,12-13,21,26-33,39-40,43-48H,2,7,9,11H2,1H3,(H,41,42)(H,49,50)/q-1/p+1. The largest absolute Gasteiger partial charge is 0.667 e. The van der Waals surface area contributed by atoms with E-state index in [0.717, 1.165) is 0 Å². The first-order valence-corrected chi connectivity index (χ1v) is 17.3. The fourth-order valence-electron chi connectivity index (χ4n) is 7.09. The second kappa shape index (κ2) is 14.3. The molecule has 19 nitrogen and oxygen atoms in total. The molecule has 1 spiro atoms. The zero-order valence-electron chi connectivity index (χ0n) is 29.2. The van der Waals surface area contributed by atoms with Gasteiger partial charge in [0.1, 0.15) is 66.4 Å². The van der Waals surface area contributed by atoms with Gasteiger partial charge in [0.25, 0.3) is 5.60 Å². The number of hydrogen-bond acceptors (Lipinski definition) is 16. The smallest absolute Gasteiger partial charge is 0.351 e. The molecule has 5 heterocycles. The minimum atomic E-state index is -2.94. The van der Waals surface area contributed by atoms with E-state index in [9.17, 15) is 65.4 Å². The van der Waals surface area contributed by atoms with E-state index in [1.54, 1.807) is 6.07 Å². The number of aromatic nitrogens is 1. The van der Waals surface area contributed by atoms with E-state index in [-0.39, 0.29) is 41.3 Å². The van der Waals surface area contributed by atoms with Crippen molar-refractivity contribution >= 4 is 17.7 Å². The summed E-state index contributed by atoms with van der Waals surface area (Å²) < 4.78 is 28.5. The van der Waals surface area contributed by atoms with Gasteiger partial charge in [-0.3, -0.25) is 4.79 Å². The Hall–Kier alpha value is -5.43. The summed E-state index contributed by atoms with van der Waals surface area (Å²) in [6, 6.07) is 6.83. The van der Waals surface area contributed by atoms with Gasteiger partial charge >= 0.3 is 17.7 Å². The Balaban J connectivity index is 1.30. The van der Waals surface area contributed by atoms with E-state index in [1.165, 1.54) is 30.5 Å². The van der Waals surface area contributed by atoms with Crippen LogP contribution in [0.25, 0.3) is 0 Å². The maximum atomic E-state index is 13.9. The molecule has 0 aliphatic carbocycles. The van der Waals surface area contributed by atoms with Crippen LogP contribution in [0.5, 0.6) is 28.7 Å². The van der Waals surface area contributed by atoms with E-state index < -0.39 is 102 Å². The average molecular weight is 784 g/mol. The summed E-state index contributed by atoms with van der Waals surface area (Å²) in [6.07, 6.45) is -18.2. The van der Waals surface area contributed by atoms with Crippen LogP contribution in [-0.2, 0) is 36.6 Å². The van der Waals surface area contributed by atoms with Crippen LogP contribution in [0.4, 0.5) is 0 Å². The number of aryl methyl sites for hydroxylation is 1. The summed E-state index contributed by atoms with van der Waals surface area (Å²) >= 11 is 0. The average Bonchev–Trinajstić information content (AvgIpc) is 3.64. The highest BCUT2D eigenvalue weighted by molar-refractivity contribution is 6.04. The number of ether oxygens (including phenoxy) is 5. The lowest BCUT2D eigenvalue weighted by Gasteiger charge is -2.47. The number of fused-ring (bicyclic) bond motifs is 3. The second-order valence-corrected chi connectivity index (χ2v) is 13.8. The molecule has 11 unspecified atom stereocenters. The van der Waals surface area contributed by atoms with Gasteiger partial charge in [-0.2, -0.15) is 11.9 Å². The summed E-state index contributed by atoms with van der Waals surface area (Å²) in [6.45, 7) is 1.88. The molecule has 0 saturated carbocycles. The molecule has 3 aromatic rings. The maximum absolute atomic E-state index is 13.9. The van der Waals surface area contributed by atoms with Gasteiger partial charge < -0.3 is 79.7 Å². The van der Waals surface area contributed by atoms with Crippen LogP contribution in [0.1, 0.15) is 53.8 Å². The van der Waals surface area contributed by atoms with Crippen LogP contribution in [0.2, 0.25) is 0 Å². The van der Waals surface area contributed by atoms with Crippen molar-refractivity contribution in [2.75, 3.05) is 0 Å². The van der Waals surface area contributed by atoms with Crippen molar-refractivity contribution < 1.29 is 89.1 Å². The van der Waals surface area contributed by atoms with Gasteiger partial charge in [0.05, 0.1) is 6.42 Å². The predicted octanol–water partition coefficient (Wildman–Crippen LogP) is -1.90. The van der Waals surface area contributed by atoms with Crippen molar-refractivity contribution in [2.45, 2.75) is 99.1 Å². The molecule has 4 aliphatic heterocycles. The van der Waals surface area contributed by atoms with Gasteiger partial charge in [0.15, 0.2) is 17.1 Å². The number of carbonyl (C=O) groups excluding carboxylic acids is 2. The van der Waals surface area contributed by atoms with Gasteiger partial charge in [-0.15, -0.1) is 0 Å². The Morgan fingerprint density at radius 3 is 2.38 bits per heavy atom. The Bertz CT molecular complexity index is 2140. The zero-order chi connectivity index (χ0) is 40.4. The SMILES string of the molecule is CCc1cc(Cc2c(OC3OC4(CC#CC5(C(=O)O)OC(OC4=O)C(O)C(O)C5O)C(O)C(O)C3O)cc3c(c2O)C(=[OH+])CC(c2ccc(O)c(O)c2)O3)c[n-]1. The molecule has 11 atom stereocenters. The number of benzene rings is 2. The molecular weight excluding hydrogens is 746 g/mol.